The van der Waals surface area contributed by atoms with Crippen molar-refractivity contribution in [3.63, 3.8) is 0 Å². The fourth-order valence-corrected chi connectivity index (χ4v) is 4.51. The van der Waals surface area contributed by atoms with Crippen LogP contribution in [0, 0.1) is 17.8 Å². The fraction of sp³-hybridized carbons (Fsp3) is 0.818. The van der Waals surface area contributed by atoms with E-state index in [0.29, 0.717) is 6.10 Å². The van der Waals surface area contributed by atoms with E-state index in [1.165, 1.54) is 77.0 Å². The van der Waals surface area contributed by atoms with Crippen LogP contribution in [0.25, 0.3) is 0 Å². The summed E-state index contributed by atoms with van der Waals surface area (Å²) in [5.74, 6) is 3.00. The van der Waals surface area contributed by atoms with Crippen molar-refractivity contribution in [3.05, 3.63) is 24.8 Å². The Kier molecular flexibility index (Phi) is 9.04. The van der Waals surface area contributed by atoms with Crippen LogP contribution in [0.15, 0.2) is 24.8 Å². The molecule has 1 nitrogen and oxygen atoms in total. The van der Waals surface area contributed by atoms with Crippen LogP contribution in [-0.4, -0.2) is 12.7 Å². The number of hydrogen-bond acceptors (Lipinski definition) is 1. The van der Waals surface area contributed by atoms with Gasteiger partial charge in [-0.05, 0) is 63.2 Å². The monoisotopic (exact) mass is 318 g/mol. The molecule has 0 aromatic rings. The van der Waals surface area contributed by atoms with Crippen LogP contribution in [0.2, 0.25) is 0 Å². The first-order valence-electron chi connectivity index (χ1n) is 10.2. The van der Waals surface area contributed by atoms with Crippen molar-refractivity contribution in [1.82, 2.24) is 0 Å². The second-order valence-corrected chi connectivity index (χ2v) is 7.88. The lowest BCUT2D eigenvalue weighted by molar-refractivity contribution is 0.0325. The largest absolute Gasteiger partial charge is 0.374 e. The summed E-state index contributed by atoms with van der Waals surface area (Å²) in [4.78, 5) is 0. The van der Waals surface area contributed by atoms with E-state index in [4.69, 9.17) is 4.74 Å². The number of rotatable bonds is 9. The minimum Gasteiger partial charge on any atom is -0.374 e. The molecule has 0 atom stereocenters. The van der Waals surface area contributed by atoms with E-state index >= 15 is 0 Å². The highest BCUT2D eigenvalue weighted by Crippen LogP contribution is 2.37. The van der Waals surface area contributed by atoms with Gasteiger partial charge < -0.3 is 4.74 Å². The smallest absolute Gasteiger partial charge is 0.0651 e. The van der Waals surface area contributed by atoms with Crippen molar-refractivity contribution >= 4 is 0 Å². The molecule has 1 heteroatoms. The highest BCUT2D eigenvalue weighted by atomic mass is 16.5. The highest BCUT2D eigenvalue weighted by molar-refractivity contribution is 4.80. The van der Waals surface area contributed by atoms with E-state index < -0.39 is 0 Å². The molecule has 0 heterocycles. The van der Waals surface area contributed by atoms with Gasteiger partial charge in [0, 0.05) is 0 Å². The zero-order valence-corrected chi connectivity index (χ0v) is 15.3. The zero-order valence-electron chi connectivity index (χ0n) is 15.3. The molecular weight excluding hydrogens is 280 g/mol. The molecule has 0 aliphatic heterocycles. The second-order valence-electron chi connectivity index (χ2n) is 7.88. The molecule has 0 amide bonds. The molecule has 2 fully saturated rings. The molecule has 23 heavy (non-hydrogen) atoms. The van der Waals surface area contributed by atoms with E-state index in [0.717, 1.165) is 24.4 Å². The van der Waals surface area contributed by atoms with Gasteiger partial charge in [-0.3, -0.25) is 0 Å². The predicted octanol–water partition coefficient (Wildman–Crippen LogP) is 6.69. The summed E-state index contributed by atoms with van der Waals surface area (Å²) in [6.07, 6.45) is 23.7. The quantitative estimate of drug-likeness (QED) is 0.430. The first-order chi connectivity index (χ1) is 11.3. The third-order valence-electron chi connectivity index (χ3n) is 6.19. The molecule has 0 spiro atoms. The molecule has 2 saturated carbocycles. The van der Waals surface area contributed by atoms with Gasteiger partial charge >= 0.3 is 0 Å². The molecule has 0 unspecified atom stereocenters. The summed E-state index contributed by atoms with van der Waals surface area (Å²) < 4.78 is 5.92. The molecule has 0 saturated heterocycles. The Bertz CT molecular complexity index is 330. The summed E-state index contributed by atoms with van der Waals surface area (Å²) in [5.41, 5.74) is 0. The molecule has 0 aromatic carbocycles. The van der Waals surface area contributed by atoms with Gasteiger partial charge in [-0.15, -0.1) is 6.58 Å². The summed E-state index contributed by atoms with van der Waals surface area (Å²) in [6, 6.07) is 0. The topological polar surface area (TPSA) is 9.23 Å². The maximum absolute atomic E-state index is 5.92. The number of ether oxygens (including phenoxy) is 1. The Balaban J connectivity index is 1.53. The van der Waals surface area contributed by atoms with E-state index in [-0.39, 0.29) is 0 Å². The summed E-state index contributed by atoms with van der Waals surface area (Å²) in [5, 5.41) is 0. The van der Waals surface area contributed by atoms with Crippen LogP contribution in [0.3, 0.4) is 0 Å². The normalized spacial score (nSPS) is 32.2. The molecule has 0 bridgehead atoms. The molecule has 2 rings (SSSR count). The van der Waals surface area contributed by atoms with Crippen LogP contribution >= 0.6 is 0 Å². The Morgan fingerprint density at radius 2 is 1.35 bits per heavy atom. The zero-order chi connectivity index (χ0) is 16.3. The highest BCUT2D eigenvalue weighted by Gasteiger charge is 2.24. The summed E-state index contributed by atoms with van der Waals surface area (Å²) in [7, 11) is 0. The molecule has 2 aliphatic carbocycles. The molecule has 0 radical (unpaired) electrons. The minimum atomic E-state index is 0.530. The van der Waals surface area contributed by atoms with Gasteiger partial charge in [-0.2, -0.15) is 0 Å². The first-order valence-corrected chi connectivity index (χ1v) is 10.2. The Labute approximate surface area is 144 Å². The molecule has 0 N–H and O–H groups in total. The first kappa shape index (κ1) is 18.8. The van der Waals surface area contributed by atoms with Crippen molar-refractivity contribution in [2.24, 2.45) is 17.8 Å². The predicted molar refractivity (Wildman–Crippen MR) is 101 cm³/mol. The van der Waals surface area contributed by atoms with Crippen LogP contribution in [-0.2, 0) is 4.74 Å². The maximum atomic E-state index is 5.92. The Morgan fingerprint density at radius 3 is 1.87 bits per heavy atom. The van der Waals surface area contributed by atoms with Crippen molar-refractivity contribution in [3.8, 4) is 0 Å². The summed E-state index contributed by atoms with van der Waals surface area (Å²) in [6.45, 7) is 6.72. The average molecular weight is 319 g/mol. The second kappa shape index (κ2) is 11.1. The van der Waals surface area contributed by atoms with Crippen LogP contribution in [0.1, 0.15) is 84.0 Å². The molecular formula is C22H38O. The number of allylic oxidation sites excluding steroid dienone is 2. The van der Waals surface area contributed by atoms with Gasteiger partial charge in [0.1, 0.15) is 0 Å². The van der Waals surface area contributed by atoms with Crippen LogP contribution < -0.4 is 0 Å². The maximum Gasteiger partial charge on any atom is 0.0651 e. The van der Waals surface area contributed by atoms with E-state index in [9.17, 15) is 0 Å². The third kappa shape index (κ3) is 7.25. The van der Waals surface area contributed by atoms with E-state index in [1.807, 2.05) is 0 Å². The van der Waals surface area contributed by atoms with E-state index in [1.54, 1.807) is 0 Å². The van der Waals surface area contributed by atoms with E-state index in [2.05, 4.69) is 31.7 Å². The third-order valence-corrected chi connectivity index (χ3v) is 6.19. The van der Waals surface area contributed by atoms with Gasteiger partial charge in [0.2, 0.25) is 0 Å². The fourth-order valence-electron chi connectivity index (χ4n) is 4.51. The molecule has 2 aliphatic rings. The Hall–Kier alpha value is -0.560. The standard InChI is InChI=1S/C22H38O/c1-3-5-7-19-8-10-20(11-9-19)12-13-21-14-16-22(17-15-21)23-18-6-4-2/h3-4,6,19-22H,1,5,7-18H2,2H3/b6-4+/t19-,20-,21-,22-. The SMILES string of the molecule is C=CCC[C@H]1CC[C@H](CC[C@H]2CC[C@H](OC/C=C/C)CC2)CC1. The van der Waals surface area contributed by atoms with Gasteiger partial charge in [0.15, 0.2) is 0 Å². The van der Waals surface area contributed by atoms with Gasteiger partial charge in [0.05, 0.1) is 12.7 Å². The van der Waals surface area contributed by atoms with Gasteiger partial charge in [0.25, 0.3) is 0 Å². The number of hydrogen-bond donors (Lipinski definition) is 0. The lowest BCUT2D eigenvalue weighted by atomic mass is 9.76. The summed E-state index contributed by atoms with van der Waals surface area (Å²) >= 11 is 0. The molecule has 0 aromatic heterocycles. The van der Waals surface area contributed by atoms with Crippen LogP contribution in [0.4, 0.5) is 0 Å². The average Bonchev–Trinajstić information content (AvgIpc) is 2.60. The van der Waals surface area contributed by atoms with Crippen molar-refractivity contribution < 1.29 is 4.74 Å². The lowest BCUT2D eigenvalue weighted by Crippen LogP contribution is -2.22. The molecule has 132 valence electrons. The van der Waals surface area contributed by atoms with Crippen molar-refractivity contribution in [1.29, 1.82) is 0 Å². The lowest BCUT2D eigenvalue weighted by Gasteiger charge is -2.32. The Morgan fingerprint density at radius 1 is 0.826 bits per heavy atom. The van der Waals surface area contributed by atoms with Crippen molar-refractivity contribution in [2.75, 3.05) is 6.61 Å². The van der Waals surface area contributed by atoms with Gasteiger partial charge in [-0.1, -0.05) is 56.8 Å². The minimum absolute atomic E-state index is 0.530. The van der Waals surface area contributed by atoms with Crippen molar-refractivity contribution in [2.45, 2.75) is 90.1 Å². The van der Waals surface area contributed by atoms with Gasteiger partial charge in [-0.25, -0.2) is 0 Å². The van der Waals surface area contributed by atoms with Crippen LogP contribution in [0.5, 0.6) is 0 Å².